The summed E-state index contributed by atoms with van der Waals surface area (Å²) in [6.07, 6.45) is 4.50. The highest BCUT2D eigenvalue weighted by atomic mass is 79.9. The van der Waals surface area contributed by atoms with Crippen molar-refractivity contribution in [3.8, 4) is 0 Å². The molecule has 1 N–H and O–H groups in total. The van der Waals surface area contributed by atoms with Crippen LogP contribution in [0.3, 0.4) is 0 Å². The van der Waals surface area contributed by atoms with Gasteiger partial charge in [0.1, 0.15) is 29.9 Å². The summed E-state index contributed by atoms with van der Waals surface area (Å²) >= 11 is 3.53. The SMILES string of the molecule is C=CCN(Cc1ccccc1Br)C[C@@](O)(Cn1cncn1)c1ccc(F)cc1F. The summed E-state index contributed by atoms with van der Waals surface area (Å²) in [6.45, 7) is 4.77. The monoisotopic (exact) mass is 462 g/mol. The van der Waals surface area contributed by atoms with Crippen molar-refractivity contribution in [1.29, 1.82) is 0 Å². The second kappa shape index (κ2) is 9.39. The fraction of sp³-hybridized carbons (Fsp3) is 0.238. The third-order valence-corrected chi connectivity index (χ3v) is 5.32. The molecule has 0 bridgehead atoms. The molecule has 0 radical (unpaired) electrons. The third kappa shape index (κ3) is 5.35. The molecule has 2 aromatic carbocycles. The number of halogens is 3. The molecule has 0 unspecified atom stereocenters. The second-order valence-corrected chi connectivity index (χ2v) is 7.65. The number of aliphatic hydroxyl groups is 1. The fourth-order valence-electron chi connectivity index (χ4n) is 3.27. The molecule has 0 aliphatic carbocycles. The van der Waals surface area contributed by atoms with E-state index in [0.717, 1.165) is 22.2 Å². The van der Waals surface area contributed by atoms with Gasteiger partial charge in [-0.2, -0.15) is 5.10 Å². The molecule has 1 heterocycles. The van der Waals surface area contributed by atoms with Gasteiger partial charge >= 0.3 is 0 Å². The maximum atomic E-state index is 14.6. The van der Waals surface area contributed by atoms with Crippen LogP contribution in [0.4, 0.5) is 8.78 Å². The van der Waals surface area contributed by atoms with Crippen LogP contribution in [-0.2, 0) is 18.7 Å². The van der Waals surface area contributed by atoms with Gasteiger partial charge < -0.3 is 5.11 Å². The van der Waals surface area contributed by atoms with Gasteiger partial charge in [0.15, 0.2) is 0 Å². The average molecular weight is 463 g/mol. The van der Waals surface area contributed by atoms with Gasteiger partial charge in [0.2, 0.25) is 0 Å². The summed E-state index contributed by atoms with van der Waals surface area (Å²) in [5.41, 5.74) is -0.664. The van der Waals surface area contributed by atoms with Gasteiger partial charge in [-0.3, -0.25) is 4.90 Å². The first kappa shape index (κ1) is 21.3. The predicted molar refractivity (Wildman–Crippen MR) is 110 cm³/mol. The van der Waals surface area contributed by atoms with E-state index < -0.39 is 17.2 Å². The largest absolute Gasteiger partial charge is 0.382 e. The number of hydrogen-bond acceptors (Lipinski definition) is 4. The zero-order valence-electron chi connectivity index (χ0n) is 15.7. The first-order valence-corrected chi connectivity index (χ1v) is 9.77. The molecule has 152 valence electrons. The van der Waals surface area contributed by atoms with Crippen molar-refractivity contribution in [3.63, 3.8) is 0 Å². The molecule has 0 fully saturated rings. The van der Waals surface area contributed by atoms with E-state index in [2.05, 4.69) is 32.6 Å². The van der Waals surface area contributed by atoms with Crippen molar-refractivity contribution in [2.75, 3.05) is 13.1 Å². The predicted octanol–water partition coefficient (Wildman–Crippen LogP) is 3.89. The highest BCUT2D eigenvalue weighted by molar-refractivity contribution is 9.10. The normalized spacial score (nSPS) is 13.4. The molecule has 0 saturated carbocycles. The van der Waals surface area contributed by atoms with E-state index in [0.29, 0.717) is 13.1 Å². The molecule has 0 aliphatic heterocycles. The van der Waals surface area contributed by atoms with Crippen LogP contribution in [0.15, 0.2) is 72.2 Å². The van der Waals surface area contributed by atoms with Crippen LogP contribution >= 0.6 is 15.9 Å². The molecule has 0 saturated heterocycles. The van der Waals surface area contributed by atoms with Crippen LogP contribution in [0.2, 0.25) is 0 Å². The summed E-state index contributed by atoms with van der Waals surface area (Å²) in [7, 11) is 0. The Hall–Kier alpha value is -2.42. The molecule has 0 spiro atoms. The molecule has 1 atom stereocenters. The third-order valence-electron chi connectivity index (χ3n) is 4.55. The van der Waals surface area contributed by atoms with Gasteiger partial charge in [-0.25, -0.2) is 18.4 Å². The number of aromatic nitrogens is 3. The molecule has 1 aromatic heterocycles. The van der Waals surface area contributed by atoms with Gasteiger partial charge in [-0.15, -0.1) is 6.58 Å². The number of hydrogen-bond donors (Lipinski definition) is 1. The second-order valence-electron chi connectivity index (χ2n) is 6.80. The van der Waals surface area contributed by atoms with Crippen molar-refractivity contribution in [1.82, 2.24) is 19.7 Å². The smallest absolute Gasteiger partial charge is 0.137 e. The van der Waals surface area contributed by atoms with Crippen molar-refractivity contribution in [2.24, 2.45) is 0 Å². The zero-order valence-corrected chi connectivity index (χ0v) is 17.3. The van der Waals surface area contributed by atoms with Crippen LogP contribution in [0.25, 0.3) is 0 Å². The maximum absolute atomic E-state index is 14.6. The van der Waals surface area contributed by atoms with E-state index in [9.17, 15) is 13.9 Å². The van der Waals surface area contributed by atoms with Gasteiger partial charge in [0.05, 0.1) is 6.54 Å². The van der Waals surface area contributed by atoms with E-state index >= 15 is 0 Å². The molecular formula is C21H21BrF2N4O. The minimum absolute atomic E-state index is 0.00408. The molecule has 3 rings (SSSR count). The van der Waals surface area contributed by atoms with Crippen LogP contribution in [0.1, 0.15) is 11.1 Å². The molecule has 29 heavy (non-hydrogen) atoms. The van der Waals surface area contributed by atoms with Crippen LogP contribution in [0.5, 0.6) is 0 Å². The Balaban J connectivity index is 1.95. The molecule has 0 amide bonds. The van der Waals surface area contributed by atoms with Crippen LogP contribution in [-0.4, -0.2) is 37.9 Å². The number of rotatable bonds is 9. The topological polar surface area (TPSA) is 54.2 Å². The Bertz CT molecular complexity index is 967. The summed E-state index contributed by atoms with van der Waals surface area (Å²) in [5, 5.41) is 15.6. The summed E-state index contributed by atoms with van der Waals surface area (Å²) in [6, 6.07) is 10.9. The van der Waals surface area contributed by atoms with Crippen LogP contribution in [0, 0.1) is 11.6 Å². The summed E-state index contributed by atoms with van der Waals surface area (Å²) < 4.78 is 30.4. The molecule has 0 aliphatic rings. The standard InChI is InChI=1S/C21H21BrF2N4O/c1-2-9-27(11-16-5-3-4-6-19(16)22)12-21(29,13-28-15-25-14-26-28)18-8-7-17(23)10-20(18)24/h2-8,10,14-15,29H,1,9,11-13H2/t21-/m1/s1. The Morgan fingerprint density at radius 1 is 1.24 bits per heavy atom. The van der Waals surface area contributed by atoms with Gasteiger partial charge in [0.25, 0.3) is 0 Å². The lowest BCUT2D eigenvalue weighted by Crippen LogP contribution is -2.44. The lowest BCUT2D eigenvalue weighted by atomic mass is 9.92. The quantitative estimate of drug-likeness (QED) is 0.490. The Kier molecular flexibility index (Phi) is 6.89. The van der Waals surface area contributed by atoms with E-state index in [1.807, 2.05) is 29.2 Å². The molecular weight excluding hydrogens is 442 g/mol. The Labute approximate surface area is 176 Å². The van der Waals surface area contributed by atoms with Crippen molar-refractivity contribution >= 4 is 15.9 Å². The highest BCUT2D eigenvalue weighted by Crippen LogP contribution is 2.29. The Morgan fingerprint density at radius 3 is 2.69 bits per heavy atom. The van der Waals surface area contributed by atoms with Gasteiger partial charge in [-0.05, 0) is 17.7 Å². The Morgan fingerprint density at radius 2 is 2.03 bits per heavy atom. The van der Waals surface area contributed by atoms with Gasteiger partial charge in [0, 0.05) is 35.7 Å². The molecule has 3 aromatic rings. The van der Waals surface area contributed by atoms with Crippen LogP contribution < -0.4 is 0 Å². The number of benzene rings is 2. The maximum Gasteiger partial charge on any atom is 0.137 e. The fourth-order valence-corrected chi connectivity index (χ4v) is 3.68. The molecule has 8 heteroatoms. The first-order chi connectivity index (χ1) is 13.9. The first-order valence-electron chi connectivity index (χ1n) is 8.98. The van der Waals surface area contributed by atoms with E-state index in [1.165, 1.54) is 23.4 Å². The minimum atomic E-state index is -1.67. The highest BCUT2D eigenvalue weighted by Gasteiger charge is 2.35. The average Bonchev–Trinajstić information content (AvgIpc) is 3.16. The molecule has 5 nitrogen and oxygen atoms in total. The van der Waals surface area contributed by atoms with Crippen molar-refractivity contribution in [2.45, 2.75) is 18.7 Å². The minimum Gasteiger partial charge on any atom is -0.382 e. The van der Waals surface area contributed by atoms with Crippen molar-refractivity contribution in [3.05, 3.63) is 95.0 Å². The lowest BCUT2D eigenvalue weighted by Gasteiger charge is -2.34. The van der Waals surface area contributed by atoms with E-state index in [-0.39, 0.29) is 18.7 Å². The lowest BCUT2D eigenvalue weighted by molar-refractivity contribution is -0.0210. The number of nitrogens with zero attached hydrogens (tertiary/aromatic N) is 4. The van der Waals surface area contributed by atoms with Gasteiger partial charge in [-0.1, -0.05) is 46.3 Å². The van der Waals surface area contributed by atoms with E-state index in [1.54, 1.807) is 6.08 Å². The summed E-state index contributed by atoms with van der Waals surface area (Å²) in [4.78, 5) is 5.82. The summed E-state index contributed by atoms with van der Waals surface area (Å²) in [5.74, 6) is -1.52. The van der Waals surface area contributed by atoms with Crippen molar-refractivity contribution < 1.29 is 13.9 Å². The van der Waals surface area contributed by atoms with E-state index in [4.69, 9.17) is 0 Å². The zero-order chi connectivity index (χ0) is 20.9.